The van der Waals surface area contributed by atoms with E-state index in [1.54, 1.807) is 0 Å². The summed E-state index contributed by atoms with van der Waals surface area (Å²) in [5, 5.41) is -0.915. The van der Waals surface area contributed by atoms with E-state index < -0.39 is 20.3 Å². The smallest absolute Gasteiger partial charge is 0.282 e. The second-order valence-electron chi connectivity index (χ2n) is 2.70. The first-order valence-electron chi connectivity index (χ1n) is 3.61. The van der Waals surface area contributed by atoms with E-state index in [0.717, 1.165) is 0 Å². The number of halogens is 1. The van der Waals surface area contributed by atoms with E-state index in [4.69, 9.17) is 16.2 Å². The maximum absolute atomic E-state index is 10.9. The summed E-state index contributed by atoms with van der Waals surface area (Å²) in [6.07, 6.45) is 0. The Balaban J connectivity index is 3.62. The van der Waals surface area contributed by atoms with Gasteiger partial charge in [-0.15, -0.1) is 0 Å². The third-order valence-corrected chi connectivity index (χ3v) is 2.94. The molecule has 0 bridgehead atoms. The Kier molecular flexibility index (Phi) is 2.94. The van der Waals surface area contributed by atoms with Crippen molar-refractivity contribution in [2.45, 2.75) is 11.8 Å². The molecule has 0 saturated carbocycles. The standard InChI is InChI=1S/C8H7ClO4S/c1-5-3-2-4-6(8(9)10)7(5)14(11,12)13/h2-4H,1H3,(H,11,12,13). The summed E-state index contributed by atoms with van der Waals surface area (Å²) in [5.74, 6) is 0. The molecule has 0 saturated heterocycles. The van der Waals surface area contributed by atoms with Gasteiger partial charge in [0.25, 0.3) is 15.4 Å². The molecular weight excluding hydrogens is 228 g/mol. The number of rotatable bonds is 2. The van der Waals surface area contributed by atoms with Gasteiger partial charge >= 0.3 is 0 Å². The third-order valence-electron chi connectivity index (χ3n) is 1.68. The van der Waals surface area contributed by atoms with Gasteiger partial charge in [0.2, 0.25) is 0 Å². The molecule has 0 radical (unpaired) electrons. The van der Waals surface area contributed by atoms with Gasteiger partial charge in [-0.1, -0.05) is 12.1 Å². The van der Waals surface area contributed by atoms with Gasteiger partial charge in [-0.2, -0.15) is 8.42 Å². The van der Waals surface area contributed by atoms with E-state index in [-0.39, 0.29) is 11.1 Å². The lowest BCUT2D eigenvalue weighted by Gasteiger charge is -2.05. The van der Waals surface area contributed by atoms with E-state index in [1.165, 1.54) is 25.1 Å². The molecule has 14 heavy (non-hydrogen) atoms. The van der Waals surface area contributed by atoms with E-state index in [1.807, 2.05) is 0 Å². The van der Waals surface area contributed by atoms with Gasteiger partial charge in [-0.05, 0) is 30.2 Å². The van der Waals surface area contributed by atoms with Crippen LogP contribution in [0.1, 0.15) is 15.9 Å². The number of hydrogen-bond acceptors (Lipinski definition) is 3. The number of hydrogen-bond donors (Lipinski definition) is 1. The van der Waals surface area contributed by atoms with Crippen LogP contribution in [-0.4, -0.2) is 18.2 Å². The average molecular weight is 235 g/mol. The van der Waals surface area contributed by atoms with Gasteiger partial charge in [-0.3, -0.25) is 9.35 Å². The minimum absolute atomic E-state index is 0.214. The van der Waals surface area contributed by atoms with Crippen LogP contribution < -0.4 is 0 Å². The molecule has 1 N–H and O–H groups in total. The van der Waals surface area contributed by atoms with Crippen LogP contribution in [0.2, 0.25) is 0 Å². The van der Waals surface area contributed by atoms with Gasteiger partial charge in [0, 0.05) is 0 Å². The van der Waals surface area contributed by atoms with Crippen molar-refractivity contribution in [1.82, 2.24) is 0 Å². The van der Waals surface area contributed by atoms with Crippen molar-refractivity contribution in [3.63, 3.8) is 0 Å². The van der Waals surface area contributed by atoms with Gasteiger partial charge in [-0.25, -0.2) is 0 Å². The van der Waals surface area contributed by atoms with Crippen molar-refractivity contribution in [1.29, 1.82) is 0 Å². The molecule has 0 spiro atoms. The van der Waals surface area contributed by atoms with E-state index in [2.05, 4.69) is 0 Å². The number of carbonyl (C=O) groups is 1. The number of aryl methyl sites for hydroxylation is 1. The first-order chi connectivity index (χ1) is 6.34. The Morgan fingerprint density at radius 3 is 2.36 bits per heavy atom. The zero-order chi connectivity index (χ0) is 10.9. The lowest BCUT2D eigenvalue weighted by molar-refractivity contribution is 0.107. The summed E-state index contributed by atoms with van der Waals surface area (Å²) >= 11 is 5.17. The van der Waals surface area contributed by atoms with Crippen LogP contribution >= 0.6 is 11.6 Å². The van der Waals surface area contributed by atoms with Crippen molar-refractivity contribution >= 4 is 27.0 Å². The van der Waals surface area contributed by atoms with Crippen molar-refractivity contribution in [3.8, 4) is 0 Å². The fourth-order valence-electron chi connectivity index (χ4n) is 1.15. The van der Waals surface area contributed by atoms with Crippen LogP contribution in [0.4, 0.5) is 0 Å². The van der Waals surface area contributed by atoms with E-state index in [0.29, 0.717) is 0 Å². The molecular formula is C8H7ClO4S. The SMILES string of the molecule is Cc1cccc(C(=O)Cl)c1S(=O)(=O)O. The highest BCUT2D eigenvalue weighted by Gasteiger charge is 2.21. The molecule has 0 atom stereocenters. The molecule has 1 aromatic rings. The van der Waals surface area contributed by atoms with Crippen LogP contribution in [0.5, 0.6) is 0 Å². The maximum Gasteiger partial charge on any atom is 0.295 e. The summed E-state index contributed by atoms with van der Waals surface area (Å²) in [7, 11) is -4.41. The summed E-state index contributed by atoms with van der Waals surface area (Å²) in [5.41, 5.74) is 0.0631. The number of carbonyl (C=O) groups excluding carboxylic acids is 1. The Hall–Kier alpha value is -0.910. The molecule has 0 aliphatic carbocycles. The quantitative estimate of drug-likeness (QED) is 0.624. The highest BCUT2D eigenvalue weighted by molar-refractivity contribution is 7.86. The van der Waals surface area contributed by atoms with Gasteiger partial charge < -0.3 is 0 Å². The second kappa shape index (κ2) is 3.68. The predicted octanol–water partition coefficient (Wildman–Crippen LogP) is 1.62. The fourth-order valence-corrected chi connectivity index (χ4v) is 2.28. The van der Waals surface area contributed by atoms with Crippen molar-refractivity contribution in [2.24, 2.45) is 0 Å². The van der Waals surface area contributed by atoms with Gasteiger partial charge in [0.15, 0.2) is 0 Å². The molecule has 1 rings (SSSR count). The van der Waals surface area contributed by atoms with Crippen LogP contribution in [0.15, 0.2) is 23.1 Å². The first-order valence-corrected chi connectivity index (χ1v) is 5.43. The number of benzene rings is 1. The normalized spacial score (nSPS) is 11.4. The molecule has 0 aromatic heterocycles. The van der Waals surface area contributed by atoms with E-state index >= 15 is 0 Å². The topological polar surface area (TPSA) is 71.4 Å². The minimum atomic E-state index is -4.41. The molecule has 0 aliphatic rings. The van der Waals surface area contributed by atoms with Crippen LogP contribution in [0.25, 0.3) is 0 Å². The molecule has 6 heteroatoms. The zero-order valence-corrected chi connectivity index (χ0v) is 8.76. The van der Waals surface area contributed by atoms with Crippen LogP contribution in [-0.2, 0) is 10.1 Å². The Labute approximate surface area is 86.3 Å². The maximum atomic E-state index is 10.9. The van der Waals surface area contributed by atoms with Crippen LogP contribution in [0, 0.1) is 6.92 Å². The Morgan fingerprint density at radius 2 is 2.00 bits per heavy atom. The monoisotopic (exact) mass is 234 g/mol. The lowest BCUT2D eigenvalue weighted by Crippen LogP contribution is -2.07. The molecule has 0 unspecified atom stereocenters. The Morgan fingerprint density at radius 1 is 1.43 bits per heavy atom. The van der Waals surface area contributed by atoms with Crippen LogP contribution in [0.3, 0.4) is 0 Å². The summed E-state index contributed by atoms with van der Waals surface area (Å²) in [4.78, 5) is 10.4. The molecule has 76 valence electrons. The predicted molar refractivity (Wildman–Crippen MR) is 51.2 cm³/mol. The molecule has 1 aromatic carbocycles. The fraction of sp³-hybridized carbons (Fsp3) is 0.125. The molecule has 0 heterocycles. The van der Waals surface area contributed by atoms with Crippen molar-refractivity contribution in [3.05, 3.63) is 29.3 Å². The van der Waals surface area contributed by atoms with Crippen molar-refractivity contribution in [2.75, 3.05) is 0 Å². The minimum Gasteiger partial charge on any atom is -0.282 e. The highest BCUT2D eigenvalue weighted by atomic mass is 35.5. The summed E-state index contributed by atoms with van der Waals surface area (Å²) < 4.78 is 30.7. The largest absolute Gasteiger partial charge is 0.295 e. The molecule has 0 amide bonds. The third kappa shape index (κ3) is 2.12. The second-order valence-corrected chi connectivity index (χ2v) is 4.40. The average Bonchev–Trinajstić information content (AvgIpc) is 2.01. The Bertz CT molecular complexity index is 478. The van der Waals surface area contributed by atoms with Crippen molar-refractivity contribution < 1.29 is 17.8 Å². The highest BCUT2D eigenvalue weighted by Crippen LogP contribution is 2.21. The lowest BCUT2D eigenvalue weighted by atomic mass is 10.1. The van der Waals surface area contributed by atoms with Gasteiger partial charge in [0.05, 0.1) is 5.56 Å². The summed E-state index contributed by atoms with van der Waals surface area (Å²) in [6, 6.07) is 4.19. The zero-order valence-electron chi connectivity index (χ0n) is 7.19. The molecule has 4 nitrogen and oxygen atoms in total. The van der Waals surface area contributed by atoms with Gasteiger partial charge in [0.1, 0.15) is 4.90 Å². The molecule has 0 fully saturated rings. The van der Waals surface area contributed by atoms with E-state index in [9.17, 15) is 13.2 Å². The molecule has 0 aliphatic heterocycles. The first kappa shape index (κ1) is 11.2. The summed E-state index contributed by atoms with van der Waals surface area (Å²) in [6.45, 7) is 1.46.